The van der Waals surface area contributed by atoms with E-state index in [1.165, 1.54) is 6.92 Å². The predicted molar refractivity (Wildman–Crippen MR) is 51.5 cm³/mol. The Hall–Kier alpha value is -1.75. The van der Waals surface area contributed by atoms with E-state index in [0.717, 1.165) is 12.1 Å². The summed E-state index contributed by atoms with van der Waals surface area (Å²) in [6.07, 6.45) is 0. The average Bonchev–Trinajstić information content (AvgIpc) is 2.16. The van der Waals surface area contributed by atoms with Gasteiger partial charge in [0.05, 0.1) is 12.1 Å². The van der Waals surface area contributed by atoms with Crippen molar-refractivity contribution in [2.45, 2.75) is 6.92 Å². The van der Waals surface area contributed by atoms with Gasteiger partial charge in [0.25, 0.3) is 0 Å². The highest BCUT2D eigenvalue weighted by Gasteiger charge is 2.16. The summed E-state index contributed by atoms with van der Waals surface area (Å²) < 4.78 is 13.1. The highest BCUT2D eigenvalue weighted by molar-refractivity contribution is 6.01. The van der Waals surface area contributed by atoms with Gasteiger partial charge in [-0.1, -0.05) is 0 Å². The number of halogens is 1. The number of carboxylic acids is 1. The molecule has 0 aliphatic heterocycles. The van der Waals surface area contributed by atoms with E-state index >= 15 is 0 Å². The van der Waals surface area contributed by atoms with Crippen molar-refractivity contribution in [3.05, 3.63) is 34.6 Å². The van der Waals surface area contributed by atoms with Crippen LogP contribution in [0.15, 0.2) is 12.1 Å². The monoisotopic (exact) mass is 211 g/mol. The molecule has 0 unspecified atom stereocenters. The number of hydrogen-bond acceptors (Lipinski definition) is 3. The third-order valence-electron chi connectivity index (χ3n) is 2.03. The number of hydrogen-bond donors (Lipinski definition) is 2. The van der Waals surface area contributed by atoms with Crippen molar-refractivity contribution in [2.24, 2.45) is 5.73 Å². The molecule has 4 nitrogen and oxygen atoms in total. The molecule has 0 aliphatic carbocycles. The van der Waals surface area contributed by atoms with Crippen molar-refractivity contribution in [1.82, 2.24) is 0 Å². The van der Waals surface area contributed by atoms with Gasteiger partial charge in [-0.15, -0.1) is 0 Å². The zero-order valence-corrected chi connectivity index (χ0v) is 8.08. The molecular weight excluding hydrogens is 201 g/mol. The van der Waals surface area contributed by atoms with E-state index in [9.17, 15) is 14.0 Å². The SMILES string of the molecule is Cc1cc(F)c(C(=O)O)cc1C(=O)CN. The van der Waals surface area contributed by atoms with Crippen LogP contribution in [0.1, 0.15) is 26.3 Å². The Morgan fingerprint density at radius 2 is 2.00 bits per heavy atom. The molecule has 0 aliphatic rings. The minimum Gasteiger partial charge on any atom is -0.478 e. The number of carbonyl (C=O) groups excluding carboxylic acids is 1. The smallest absolute Gasteiger partial charge is 0.338 e. The fourth-order valence-electron chi connectivity index (χ4n) is 1.25. The van der Waals surface area contributed by atoms with E-state index in [1.54, 1.807) is 0 Å². The van der Waals surface area contributed by atoms with Crippen molar-refractivity contribution in [2.75, 3.05) is 6.54 Å². The van der Waals surface area contributed by atoms with Crippen LogP contribution in [0.25, 0.3) is 0 Å². The Morgan fingerprint density at radius 1 is 1.40 bits per heavy atom. The Morgan fingerprint density at radius 3 is 2.47 bits per heavy atom. The van der Waals surface area contributed by atoms with Crippen molar-refractivity contribution in [3.63, 3.8) is 0 Å². The van der Waals surface area contributed by atoms with Gasteiger partial charge in [0.2, 0.25) is 0 Å². The molecule has 0 aromatic heterocycles. The van der Waals surface area contributed by atoms with Crippen LogP contribution in [0.5, 0.6) is 0 Å². The van der Waals surface area contributed by atoms with Crippen molar-refractivity contribution >= 4 is 11.8 Å². The van der Waals surface area contributed by atoms with Gasteiger partial charge in [0, 0.05) is 5.56 Å². The Kier molecular flexibility index (Phi) is 3.16. The lowest BCUT2D eigenvalue weighted by molar-refractivity contribution is 0.0692. The minimum absolute atomic E-state index is 0.149. The number of carboxylic acid groups (broad SMARTS) is 1. The van der Waals surface area contributed by atoms with Crippen molar-refractivity contribution in [1.29, 1.82) is 0 Å². The van der Waals surface area contributed by atoms with Crippen LogP contribution in [0.4, 0.5) is 4.39 Å². The Labute approximate surface area is 85.5 Å². The third-order valence-corrected chi connectivity index (χ3v) is 2.03. The second-order valence-electron chi connectivity index (χ2n) is 3.08. The molecule has 3 N–H and O–H groups in total. The first kappa shape index (κ1) is 11.3. The molecule has 0 fully saturated rings. The second kappa shape index (κ2) is 4.18. The summed E-state index contributed by atoms with van der Waals surface area (Å²) in [5.41, 5.74) is 5.16. The summed E-state index contributed by atoms with van der Waals surface area (Å²) in [4.78, 5) is 21.9. The Balaban J connectivity index is 3.36. The van der Waals surface area contributed by atoms with Crippen LogP contribution in [-0.2, 0) is 0 Å². The van der Waals surface area contributed by atoms with Gasteiger partial charge < -0.3 is 10.8 Å². The first-order chi connectivity index (χ1) is 6.97. The molecule has 80 valence electrons. The molecule has 0 bridgehead atoms. The number of Topliss-reactive ketones (excluding diaryl/α,β-unsaturated/α-hetero) is 1. The molecule has 0 saturated carbocycles. The number of carbonyl (C=O) groups is 2. The summed E-state index contributed by atoms with van der Waals surface area (Å²) in [7, 11) is 0. The normalized spacial score (nSPS) is 10.1. The topological polar surface area (TPSA) is 80.4 Å². The zero-order valence-electron chi connectivity index (χ0n) is 8.08. The molecule has 15 heavy (non-hydrogen) atoms. The fourth-order valence-corrected chi connectivity index (χ4v) is 1.25. The molecule has 5 heteroatoms. The molecule has 1 aromatic carbocycles. The van der Waals surface area contributed by atoms with E-state index < -0.39 is 23.1 Å². The summed E-state index contributed by atoms with van der Waals surface area (Å²) in [5.74, 6) is -2.66. The third kappa shape index (κ3) is 2.19. The summed E-state index contributed by atoms with van der Waals surface area (Å²) >= 11 is 0. The molecule has 0 atom stereocenters. The maximum absolute atomic E-state index is 13.1. The lowest BCUT2D eigenvalue weighted by Crippen LogP contribution is -2.16. The van der Waals surface area contributed by atoms with E-state index in [2.05, 4.69) is 0 Å². The maximum Gasteiger partial charge on any atom is 0.338 e. The average molecular weight is 211 g/mol. The van der Waals surface area contributed by atoms with Crippen LogP contribution in [0.2, 0.25) is 0 Å². The predicted octanol–water partition coefficient (Wildman–Crippen LogP) is 0.974. The Bertz CT molecular complexity index is 429. The standard InChI is InChI=1S/C10H10FNO3/c1-5-2-8(11)7(10(14)15)3-6(5)9(13)4-12/h2-3H,4,12H2,1H3,(H,14,15). The molecule has 0 saturated heterocycles. The minimum atomic E-state index is -1.40. The number of nitrogens with two attached hydrogens (primary N) is 1. The lowest BCUT2D eigenvalue weighted by atomic mass is 10.0. The molecule has 0 spiro atoms. The highest BCUT2D eigenvalue weighted by atomic mass is 19.1. The van der Waals surface area contributed by atoms with Gasteiger partial charge in [0.1, 0.15) is 5.82 Å². The molecule has 0 heterocycles. The van der Waals surface area contributed by atoms with Crippen LogP contribution in [-0.4, -0.2) is 23.4 Å². The maximum atomic E-state index is 13.1. The van der Waals surface area contributed by atoms with E-state index in [4.69, 9.17) is 10.8 Å². The van der Waals surface area contributed by atoms with Crippen LogP contribution >= 0.6 is 0 Å². The van der Waals surface area contributed by atoms with Crippen molar-refractivity contribution in [3.8, 4) is 0 Å². The van der Waals surface area contributed by atoms with Crippen molar-refractivity contribution < 1.29 is 19.1 Å². The number of aromatic carboxylic acids is 1. The van der Waals surface area contributed by atoms with Gasteiger partial charge >= 0.3 is 5.97 Å². The van der Waals surface area contributed by atoms with E-state index in [1.807, 2.05) is 0 Å². The van der Waals surface area contributed by atoms with E-state index in [-0.39, 0.29) is 12.1 Å². The van der Waals surface area contributed by atoms with Crippen LogP contribution in [0.3, 0.4) is 0 Å². The fraction of sp³-hybridized carbons (Fsp3) is 0.200. The van der Waals surface area contributed by atoms with Crippen LogP contribution < -0.4 is 5.73 Å². The van der Waals surface area contributed by atoms with Gasteiger partial charge in [-0.25, -0.2) is 9.18 Å². The zero-order chi connectivity index (χ0) is 11.6. The molecule has 0 amide bonds. The van der Waals surface area contributed by atoms with Crippen LogP contribution in [0, 0.1) is 12.7 Å². The molecule has 1 rings (SSSR count). The molecule has 1 aromatic rings. The summed E-state index contributed by atoms with van der Waals surface area (Å²) in [5, 5.41) is 8.65. The number of rotatable bonds is 3. The number of ketones is 1. The summed E-state index contributed by atoms with van der Waals surface area (Å²) in [6, 6.07) is 2.04. The first-order valence-electron chi connectivity index (χ1n) is 4.24. The molecular formula is C10H10FNO3. The number of benzene rings is 1. The second-order valence-corrected chi connectivity index (χ2v) is 3.08. The summed E-state index contributed by atoms with van der Waals surface area (Å²) in [6.45, 7) is 1.29. The quantitative estimate of drug-likeness (QED) is 0.730. The number of aryl methyl sites for hydroxylation is 1. The highest BCUT2D eigenvalue weighted by Crippen LogP contribution is 2.16. The van der Waals surface area contributed by atoms with Gasteiger partial charge in [-0.2, -0.15) is 0 Å². The lowest BCUT2D eigenvalue weighted by Gasteiger charge is -2.05. The van der Waals surface area contributed by atoms with E-state index in [0.29, 0.717) is 5.56 Å². The van der Waals surface area contributed by atoms with Gasteiger partial charge in [-0.05, 0) is 24.6 Å². The van der Waals surface area contributed by atoms with Gasteiger partial charge in [0.15, 0.2) is 5.78 Å². The molecule has 0 radical (unpaired) electrons. The van der Waals surface area contributed by atoms with Gasteiger partial charge in [-0.3, -0.25) is 4.79 Å². The first-order valence-corrected chi connectivity index (χ1v) is 4.24. The largest absolute Gasteiger partial charge is 0.478 e.